The van der Waals surface area contributed by atoms with Crippen molar-refractivity contribution in [2.24, 2.45) is 16.9 Å². The van der Waals surface area contributed by atoms with Crippen LogP contribution in [-0.4, -0.2) is 11.6 Å². The van der Waals surface area contributed by atoms with Crippen molar-refractivity contribution < 1.29 is 9.18 Å². The Balaban J connectivity index is 2.04. The first-order chi connectivity index (χ1) is 9.08. The summed E-state index contributed by atoms with van der Waals surface area (Å²) in [5.74, 6) is 0.185. The number of rotatable bonds is 2. The summed E-state index contributed by atoms with van der Waals surface area (Å²) in [6.45, 7) is 4.27. The van der Waals surface area contributed by atoms with E-state index in [-0.39, 0.29) is 11.7 Å². The Morgan fingerprint density at radius 1 is 1.21 bits per heavy atom. The van der Waals surface area contributed by atoms with Crippen LogP contribution in [0.4, 0.5) is 4.39 Å². The Labute approximate surface area is 112 Å². The topological polar surface area (TPSA) is 41.5 Å². The molecule has 1 aromatic carbocycles. The lowest BCUT2D eigenvalue weighted by Crippen LogP contribution is -2.29. The molecule has 0 radical (unpaired) electrons. The first-order valence-electron chi connectivity index (χ1n) is 6.71. The maximum Gasteiger partial charge on any atom is 0.271 e. The van der Waals surface area contributed by atoms with Crippen molar-refractivity contribution >= 4 is 11.6 Å². The number of carbonyl (C=O) groups excluding carboxylic acids is 1. The summed E-state index contributed by atoms with van der Waals surface area (Å²) >= 11 is 0. The molecule has 4 heteroatoms. The zero-order chi connectivity index (χ0) is 13.8. The summed E-state index contributed by atoms with van der Waals surface area (Å²) in [6, 6.07) is 5.46. The number of amides is 1. The van der Waals surface area contributed by atoms with Crippen LogP contribution < -0.4 is 5.43 Å². The molecule has 2 atom stereocenters. The number of benzene rings is 1. The monoisotopic (exact) mass is 262 g/mol. The van der Waals surface area contributed by atoms with Gasteiger partial charge in [0, 0.05) is 11.3 Å². The van der Waals surface area contributed by atoms with Crippen LogP contribution in [0.1, 0.15) is 43.5 Å². The number of halogens is 1. The summed E-state index contributed by atoms with van der Waals surface area (Å²) in [5.41, 5.74) is 4.05. The lowest BCUT2D eigenvalue weighted by Gasteiger charge is -2.26. The second-order valence-electron chi connectivity index (χ2n) is 5.22. The van der Waals surface area contributed by atoms with Crippen molar-refractivity contribution in [1.29, 1.82) is 0 Å². The van der Waals surface area contributed by atoms with E-state index < -0.39 is 0 Å². The predicted octanol–water partition coefficient (Wildman–Crippen LogP) is 3.37. The van der Waals surface area contributed by atoms with Gasteiger partial charge >= 0.3 is 0 Å². The molecule has 0 aliphatic heterocycles. The van der Waals surface area contributed by atoms with Gasteiger partial charge in [0.05, 0.1) is 0 Å². The average Bonchev–Trinajstić information content (AvgIpc) is 2.38. The SMILES string of the molecule is C[C@@H]1CCC[C@H](C)C1=NNC(=O)c1ccc(F)cc1. The fourth-order valence-electron chi connectivity index (χ4n) is 2.51. The molecule has 102 valence electrons. The zero-order valence-corrected chi connectivity index (χ0v) is 11.3. The molecule has 3 nitrogen and oxygen atoms in total. The Bertz CT molecular complexity index is 469. The highest BCUT2D eigenvalue weighted by Gasteiger charge is 2.23. The number of hydrazone groups is 1. The standard InChI is InChI=1S/C15H19FN2O/c1-10-4-3-5-11(2)14(10)17-18-15(19)12-6-8-13(16)9-7-12/h6-11H,3-5H2,1-2H3,(H,18,19)/t10-,11+. The van der Waals surface area contributed by atoms with Crippen molar-refractivity contribution in [3.05, 3.63) is 35.6 Å². The highest BCUT2D eigenvalue weighted by Crippen LogP contribution is 2.25. The van der Waals surface area contributed by atoms with Crippen molar-refractivity contribution in [2.45, 2.75) is 33.1 Å². The molecule has 1 fully saturated rings. The Hall–Kier alpha value is -1.71. The summed E-state index contributed by atoms with van der Waals surface area (Å²) in [4.78, 5) is 11.9. The first kappa shape index (κ1) is 13.7. The van der Waals surface area contributed by atoms with E-state index in [9.17, 15) is 9.18 Å². The fraction of sp³-hybridized carbons (Fsp3) is 0.467. The van der Waals surface area contributed by atoms with Gasteiger partial charge in [-0.15, -0.1) is 0 Å². The summed E-state index contributed by atoms with van der Waals surface area (Å²) in [7, 11) is 0. The van der Waals surface area contributed by atoms with Crippen LogP contribution >= 0.6 is 0 Å². The minimum absolute atomic E-state index is 0.294. The lowest BCUT2D eigenvalue weighted by molar-refractivity contribution is 0.0954. The maximum atomic E-state index is 12.8. The van der Waals surface area contributed by atoms with E-state index in [1.165, 1.54) is 30.7 Å². The molecule has 0 aromatic heterocycles. The zero-order valence-electron chi connectivity index (χ0n) is 11.3. The number of carbonyl (C=O) groups is 1. The molecule has 0 spiro atoms. The highest BCUT2D eigenvalue weighted by molar-refractivity contribution is 5.96. The van der Waals surface area contributed by atoms with Gasteiger partial charge in [0.15, 0.2) is 0 Å². The Morgan fingerprint density at radius 3 is 2.37 bits per heavy atom. The summed E-state index contributed by atoms with van der Waals surface area (Å²) < 4.78 is 12.8. The molecule has 0 heterocycles. The van der Waals surface area contributed by atoms with E-state index >= 15 is 0 Å². The molecule has 1 saturated carbocycles. The third-order valence-electron chi connectivity index (χ3n) is 3.68. The van der Waals surface area contributed by atoms with E-state index in [0.29, 0.717) is 17.4 Å². The van der Waals surface area contributed by atoms with Crippen LogP contribution in [0.3, 0.4) is 0 Å². The van der Waals surface area contributed by atoms with Gasteiger partial charge in [-0.25, -0.2) is 9.82 Å². The van der Waals surface area contributed by atoms with Gasteiger partial charge in [0.25, 0.3) is 5.91 Å². The molecular formula is C15H19FN2O. The van der Waals surface area contributed by atoms with Crippen molar-refractivity contribution in [3.8, 4) is 0 Å². The number of nitrogens with one attached hydrogen (secondary N) is 1. The van der Waals surface area contributed by atoms with Crippen LogP contribution in [0.25, 0.3) is 0 Å². The summed E-state index contributed by atoms with van der Waals surface area (Å²) in [6.07, 6.45) is 3.46. The van der Waals surface area contributed by atoms with Crippen molar-refractivity contribution in [3.63, 3.8) is 0 Å². The van der Waals surface area contributed by atoms with Gasteiger partial charge in [0.1, 0.15) is 5.82 Å². The van der Waals surface area contributed by atoms with Crippen molar-refractivity contribution in [1.82, 2.24) is 5.43 Å². The molecule has 1 aromatic rings. The molecule has 0 bridgehead atoms. The highest BCUT2D eigenvalue weighted by atomic mass is 19.1. The molecule has 19 heavy (non-hydrogen) atoms. The van der Waals surface area contributed by atoms with Gasteiger partial charge in [-0.3, -0.25) is 4.79 Å². The van der Waals surface area contributed by atoms with Gasteiger partial charge in [-0.2, -0.15) is 5.10 Å². The van der Waals surface area contributed by atoms with E-state index in [1.54, 1.807) is 0 Å². The quantitative estimate of drug-likeness (QED) is 0.816. The maximum absolute atomic E-state index is 12.8. The molecule has 1 amide bonds. The fourth-order valence-corrected chi connectivity index (χ4v) is 2.51. The normalized spacial score (nSPS) is 25.3. The van der Waals surface area contributed by atoms with Crippen molar-refractivity contribution in [2.75, 3.05) is 0 Å². The molecular weight excluding hydrogens is 243 g/mol. The summed E-state index contributed by atoms with van der Waals surface area (Å²) in [5, 5.41) is 4.27. The smallest absolute Gasteiger partial charge is 0.267 e. The predicted molar refractivity (Wildman–Crippen MR) is 73.5 cm³/mol. The molecule has 1 N–H and O–H groups in total. The van der Waals surface area contributed by atoms with Gasteiger partial charge in [0.2, 0.25) is 0 Å². The first-order valence-corrected chi connectivity index (χ1v) is 6.71. The van der Waals surface area contributed by atoms with Crippen LogP contribution in [-0.2, 0) is 0 Å². The van der Waals surface area contributed by atoms with Crippen LogP contribution in [0.15, 0.2) is 29.4 Å². The van der Waals surface area contributed by atoms with E-state index in [4.69, 9.17) is 0 Å². The third kappa shape index (κ3) is 3.40. The number of hydrogen-bond donors (Lipinski definition) is 1. The molecule has 1 aliphatic carbocycles. The third-order valence-corrected chi connectivity index (χ3v) is 3.68. The van der Waals surface area contributed by atoms with Gasteiger partial charge in [-0.05, 0) is 48.9 Å². The van der Waals surface area contributed by atoms with Gasteiger partial charge in [-0.1, -0.05) is 20.3 Å². The van der Waals surface area contributed by atoms with E-state index in [0.717, 1.165) is 18.6 Å². The largest absolute Gasteiger partial charge is 0.271 e. The van der Waals surface area contributed by atoms with Crippen LogP contribution in [0.2, 0.25) is 0 Å². The second kappa shape index (κ2) is 5.95. The second-order valence-corrected chi connectivity index (χ2v) is 5.22. The van der Waals surface area contributed by atoms with E-state index in [1.807, 2.05) is 0 Å². The molecule has 0 unspecified atom stereocenters. The average molecular weight is 262 g/mol. The Morgan fingerprint density at radius 2 is 1.79 bits per heavy atom. The number of hydrogen-bond acceptors (Lipinski definition) is 2. The van der Waals surface area contributed by atoms with Crippen LogP contribution in [0, 0.1) is 17.7 Å². The van der Waals surface area contributed by atoms with E-state index in [2.05, 4.69) is 24.4 Å². The molecule has 0 saturated heterocycles. The van der Waals surface area contributed by atoms with Crippen LogP contribution in [0.5, 0.6) is 0 Å². The molecule has 1 aliphatic rings. The lowest BCUT2D eigenvalue weighted by atomic mass is 9.81. The number of nitrogens with zero attached hydrogens (tertiary/aromatic N) is 1. The minimum Gasteiger partial charge on any atom is -0.267 e. The van der Waals surface area contributed by atoms with Gasteiger partial charge < -0.3 is 0 Å². The minimum atomic E-state index is -0.350. The Kier molecular flexibility index (Phi) is 4.30. The molecule has 2 rings (SSSR count).